The van der Waals surface area contributed by atoms with Gasteiger partial charge in [-0.15, -0.1) is 0 Å². The number of nitrogens with zero attached hydrogens (tertiary/aromatic N) is 1. The van der Waals surface area contributed by atoms with E-state index in [0.29, 0.717) is 21.6 Å². The van der Waals surface area contributed by atoms with E-state index in [1.807, 2.05) is 12.1 Å². The molecule has 2 heterocycles. The van der Waals surface area contributed by atoms with Crippen molar-refractivity contribution < 1.29 is 9.90 Å². The number of hydrogen-bond donors (Lipinski definition) is 2. The molecule has 0 saturated heterocycles. The van der Waals surface area contributed by atoms with E-state index < -0.39 is 0 Å². The van der Waals surface area contributed by atoms with Crippen LogP contribution in [0.25, 0.3) is 10.9 Å². The Kier molecular flexibility index (Phi) is 4.46. The molecule has 4 unspecified atom stereocenters. The topological polar surface area (TPSA) is 65.5 Å². The quantitative estimate of drug-likeness (QED) is 0.460. The third kappa shape index (κ3) is 2.64. The number of fused-ring (bicyclic) bond motifs is 2. The standard InChI is InChI=1S/C16H12Br4N2O2/c17-5-1-7-11(9(19)3-5)21-13(15(7)23)14-16(24)8-2-6(18)4-10(20)12(8)22-14/h1,3,6,8,10,12,21,23H,2,4H2. The zero-order chi connectivity index (χ0) is 17.2. The zero-order valence-electron chi connectivity index (χ0n) is 12.2. The van der Waals surface area contributed by atoms with Crippen molar-refractivity contribution in [3.05, 3.63) is 26.8 Å². The van der Waals surface area contributed by atoms with Crippen LogP contribution in [0.15, 0.2) is 26.1 Å². The summed E-state index contributed by atoms with van der Waals surface area (Å²) >= 11 is 14.2. The number of ketones is 1. The first-order valence-electron chi connectivity index (χ1n) is 7.47. The Bertz CT molecular complexity index is 892. The van der Waals surface area contributed by atoms with Gasteiger partial charge in [0.25, 0.3) is 0 Å². The molecule has 8 heteroatoms. The normalized spacial score (nSPS) is 29.8. The number of aliphatic imine (C=N–C) groups is 1. The van der Waals surface area contributed by atoms with E-state index >= 15 is 0 Å². The van der Waals surface area contributed by atoms with Gasteiger partial charge in [-0.25, -0.2) is 0 Å². The van der Waals surface area contributed by atoms with E-state index in [9.17, 15) is 9.90 Å². The average Bonchev–Trinajstić information content (AvgIpc) is 2.99. The molecule has 1 aromatic heterocycles. The highest BCUT2D eigenvalue weighted by atomic mass is 79.9. The van der Waals surface area contributed by atoms with Crippen LogP contribution >= 0.6 is 63.7 Å². The largest absolute Gasteiger partial charge is 0.505 e. The number of rotatable bonds is 1. The molecule has 1 aliphatic heterocycles. The lowest BCUT2D eigenvalue weighted by molar-refractivity contribution is -0.116. The molecular weight excluding hydrogens is 572 g/mol. The van der Waals surface area contributed by atoms with Gasteiger partial charge in [0, 0.05) is 29.9 Å². The molecule has 2 aromatic rings. The molecule has 126 valence electrons. The van der Waals surface area contributed by atoms with Crippen LogP contribution in [-0.4, -0.2) is 37.3 Å². The van der Waals surface area contributed by atoms with E-state index in [1.54, 1.807) is 0 Å². The molecule has 0 amide bonds. The first kappa shape index (κ1) is 17.2. The third-order valence-electron chi connectivity index (χ3n) is 4.66. The van der Waals surface area contributed by atoms with Crippen molar-refractivity contribution in [2.45, 2.75) is 28.5 Å². The summed E-state index contributed by atoms with van der Waals surface area (Å²) in [6.45, 7) is 0. The van der Waals surface area contributed by atoms with Crippen LogP contribution in [0.5, 0.6) is 5.75 Å². The monoisotopic (exact) mass is 580 g/mol. The molecule has 1 fully saturated rings. The summed E-state index contributed by atoms with van der Waals surface area (Å²) in [5.41, 5.74) is 1.52. The Morgan fingerprint density at radius 2 is 1.96 bits per heavy atom. The molecule has 24 heavy (non-hydrogen) atoms. The number of aromatic nitrogens is 1. The molecule has 1 saturated carbocycles. The van der Waals surface area contributed by atoms with Crippen LogP contribution in [0, 0.1) is 5.92 Å². The number of H-pyrrole nitrogens is 1. The summed E-state index contributed by atoms with van der Waals surface area (Å²) in [7, 11) is 0. The van der Waals surface area contributed by atoms with E-state index in [0.717, 1.165) is 27.3 Å². The Hall–Kier alpha value is -0.180. The van der Waals surface area contributed by atoms with Crippen LogP contribution in [0.2, 0.25) is 0 Å². The van der Waals surface area contributed by atoms with Gasteiger partial charge in [-0.2, -0.15) is 0 Å². The fraction of sp³-hybridized carbons (Fsp3) is 0.375. The number of halogens is 4. The number of aromatic hydroxyl groups is 1. The summed E-state index contributed by atoms with van der Waals surface area (Å²) in [4.78, 5) is 21.2. The number of alkyl halides is 2. The van der Waals surface area contributed by atoms with Gasteiger partial charge in [0.05, 0.1) is 11.6 Å². The maximum absolute atomic E-state index is 12.9. The number of aromatic amines is 1. The van der Waals surface area contributed by atoms with E-state index in [-0.39, 0.29) is 28.3 Å². The van der Waals surface area contributed by atoms with Crippen molar-refractivity contribution in [2.24, 2.45) is 10.9 Å². The van der Waals surface area contributed by atoms with Gasteiger partial charge in [-0.3, -0.25) is 9.79 Å². The van der Waals surface area contributed by atoms with E-state index in [1.165, 1.54) is 0 Å². The van der Waals surface area contributed by atoms with Gasteiger partial charge in [0.2, 0.25) is 0 Å². The zero-order valence-corrected chi connectivity index (χ0v) is 18.5. The molecule has 4 nitrogen and oxygen atoms in total. The van der Waals surface area contributed by atoms with Crippen molar-refractivity contribution in [2.75, 3.05) is 0 Å². The summed E-state index contributed by atoms with van der Waals surface area (Å²) in [5.74, 6) is -0.0617. The lowest BCUT2D eigenvalue weighted by Gasteiger charge is -2.30. The fourth-order valence-electron chi connectivity index (χ4n) is 3.53. The second-order valence-corrected chi connectivity index (χ2v) is 10.4. The van der Waals surface area contributed by atoms with Gasteiger partial charge in [0.15, 0.2) is 11.5 Å². The smallest absolute Gasteiger partial charge is 0.188 e. The van der Waals surface area contributed by atoms with Crippen LogP contribution in [-0.2, 0) is 4.79 Å². The first-order valence-corrected chi connectivity index (χ1v) is 10.9. The minimum atomic E-state index is -0.136. The van der Waals surface area contributed by atoms with Gasteiger partial charge >= 0.3 is 0 Å². The number of hydrogen-bond acceptors (Lipinski definition) is 3. The molecule has 2 aliphatic rings. The van der Waals surface area contributed by atoms with Crippen molar-refractivity contribution in [1.82, 2.24) is 4.98 Å². The van der Waals surface area contributed by atoms with Gasteiger partial charge < -0.3 is 10.1 Å². The molecule has 4 rings (SSSR count). The molecular formula is C16H12Br4N2O2. The summed E-state index contributed by atoms with van der Waals surface area (Å²) in [6, 6.07) is 3.65. The average molecular weight is 584 g/mol. The SMILES string of the molecule is O=C1C(c2[nH]c3c(Br)cc(Br)cc3c2O)=NC2C(Br)CC(Br)CC12. The van der Waals surface area contributed by atoms with Crippen LogP contribution in [0.3, 0.4) is 0 Å². The summed E-state index contributed by atoms with van der Waals surface area (Å²) in [5, 5.41) is 11.3. The van der Waals surface area contributed by atoms with Gasteiger partial charge in [-0.1, -0.05) is 47.8 Å². The Balaban J connectivity index is 1.83. The number of carbonyl (C=O) groups is 1. The molecule has 2 N–H and O–H groups in total. The van der Waals surface area contributed by atoms with Crippen molar-refractivity contribution >= 4 is 86.1 Å². The minimum Gasteiger partial charge on any atom is -0.505 e. The van der Waals surface area contributed by atoms with Gasteiger partial charge in [-0.05, 0) is 40.9 Å². The highest BCUT2D eigenvalue weighted by Gasteiger charge is 2.46. The maximum atomic E-state index is 12.9. The number of Topliss-reactive ketones (excluding diaryl/α,β-unsaturated/α-hetero) is 1. The Labute approximate surface area is 172 Å². The highest BCUT2D eigenvalue weighted by Crippen LogP contribution is 2.42. The molecule has 1 aromatic carbocycles. The second kappa shape index (κ2) is 6.21. The fourth-order valence-corrected chi connectivity index (χ4v) is 7.10. The maximum Gasteiger partial charge on any atom is 0.188 e. The van der Waals surface area contributed by atoms with E-state index in [4.69, 9.17) is 0 Å². The van der Waals surface area contributed by atoms with Crippen LogP contribution < -0.4 is 0 Å². The summed E-state index contributed by atoms with van der Waals surface area (Å²) < 4.78 is 1.66. The minimum absolute atomic E-state index is 0.00523. The first-order chi connectivity index (χ1) is 11.4. The highest BCUT2D eigenvalue weighted by molar-refractivity contribution is 9.11. The number of nitrogens with one attached hydrogen (secondary N) is 1. The lowest BCUT2D eigenvalue weighted by Crippen LogP contribution is -2.38. The lowest BCUT2D eigenvalue weighted by atomic mass is 9.83. The van der Waals surface area contributed by atoms with Crippen LogP contribution in [0.1, 0.15) is 18.5 Å². The van der Waals surface area contributed by atoms with Crippen molar-refractivity contribution in [1.29, 1.82) is 0 Å². The molecule has 0 spiro atoms. The van der Waals surface area contributed by atoms with Gasteiger partial charge in [0.1, 0.15) is 11.4 Å². The van der Waals surface area contributed by atoms with Crippen molar-refractivity contribution in [3.63, 3.8) is 0 Å². The molecule has 0 radical (unpaired) electrons. The second-order valence-electron chi connectivity index (χ2n) is 6.18. The van der Waals surface area contributed by atoms with Crippen LogP contribution in [0.4, 0.5) is 0 Å². The molecule has 4 atom stereocenters. The Morgan fingerprint density at radius 3 is 2.71 bits per heavy atom. The Morgan fingerprint density at radius 1 is 1.21 bits per heavy atom. The molecule has 1 aliphatic carbocycles. The number of carbonyl (C=O) groups excluding carboxylic acids is 1. The number of benzene rings is 1. The predicted octanol–water partition coefficient (Wildman–Crippen LogP) is 5.08. The van der Waals surface area contributed by atoms with E-state index in [2.05, 4.69) is 73.7 Å². The summed E-state index contributed by atoms with van der Waals surface area (Å²) in [6.07, 6.45) is 1.71. The predicted molar refractivity (Wildman–Crippen MR) is 109 cm³/mol. The molecule has 0 bridgehead atoms. The third-order valence-corrected chi connectivity index (χ3v) is 7.40. The van der Waals surface area contributed by atoms with Crippen molar-refractivity contribution in [3.8, 4) is 5.75 Å².